The predicted molar refractivity (Wildman–Crippen MR) is 75.1 cm³/mol. The van der Waals surface area contributed by atoms with Gasteiger partial charge in [-0.05, 0) is 25.1 Å². The predicted octanol–water partition coefficient (Wildman–Crippen LogP) is 2.91. The summed E-state index contributed by atoms with van der Waals surface area (Å²) in [6.45, 7) is 3.83. The number of thiazole rings is 1. The lowest BCUT2D eigenvalue weighted by atomic mass is 10.3. The molecule has 3 rings (SSSR count). The highest BCUT2D eigenvalue weighted by Gasteiger charge is 1.99. The monoisotopic (exact) mass is 258 g/mol. The van der Waals surface area contributed by atoms with E-state index < -0.39 is 0 Å². The van der Waals surface area contributed by atoms with Crippen molar-refractivity contribution >= 4 is 27.2 Å². The molecule has 0 aliphatic rings. The van der Waals surface area contributed by atoms with Gasteiger partial charge in [0, 0.05) is 31.2 Å². The number of aromatic nitrogens is 3. The van der Waals surface area contributed by atoms with Crippen LogP contribution in [0.3, 0.4) is 0 Å². The first kappa shape index (κ1) is 11.2. The van der Waals surface area contributed by atoms with Gasteiger partial charge in [-0.2, -0.15) is 0 Å². The van der Waals surface area contributed by atoms with Crippen LogP contribution in [0.1, 0.15) is 5.82 Å². The number of nitrogens with zero attached hydrogens (tertiary/aromatic N) is 3. The number of fused-ring (bicyclic) bond motifs is 1. The van der Waals surface area contributed by atoms with E-state index >= 15 is 0 Å². The van der Waals surface area contributed by atoms with Crippen molar-refractivity contribution in [2.24, 2.45) is 0 Å². The maximum atomic E-state index is 4.27. The van der Waals surface area contributed by atoms with E-state index in [1.165, 1.54) is 4.70 Å². The second kappa shape index (κ2) is 4.78. The van der Waals surface area contributed by atoms with Crippen molar-refractivity contribution in [3.63, 3.8) is 0 Å². The molecule has 1 aromatic carbocycles. The van der Waals surface area contributed by atoms with Crippen LogP contribution in [-0.4, -0.2) is 21.1 Å². The van der Waals surface area contributed by atoms with E-state index in [0.29, 0.717) is 0 Å². The molecule has 92 valence electrons. The fraction of sp³-hybridized carbons (Fsp3) is 0.231. The molecule has 3 aromatic rings. The molecule has 4 nitrogen and oxygen atoms in total. The van der Waals surface area contributed by atoms with E-state index in [1.54, 1.807) is 11.3 Å². The summed E-state index contributed by atoms with van der Waals surface area (Å²) in [4.78, 5) is 8.48. The fourth-order valence-corrected chi connectivity index (χ4v) is 2.64. The van der Waals surface area contributed by atoms with E-state index in [2.05, 4.69) is 38.1 Å². The molecule has 18 heavy (non-hydrogen) atoms. The summed E-state index contributed by atoms with van der Waals surface area (Å²) in [6.07, 6.45) is 3.84. The molecule has 5 heteroatoms. The minimum atomic E-state index is 0.890. The number of anilines is 1. The quantitative estimate of drug-likeness (QED) is 0.782. The van der Waals surface area contributed by atoms with E-state index in [-0.39, 0.29) is 0 Å². The number of hydrogen-bond donors (Lipinski definition) is 1. The lowest BCUT2D eigenvalue weighted by Crippen LogP contribution is -2.10. The van der Waals surface area contributed by atoms with Gasteiger partial charge in [0.25, 0.3) is 0 Å². The van der Waals surface area contributed by atoms with Gasteiger partial charge >= 0.3 is 0 Å². The number of benzene rings is 1. The second-order valence-corrected chi connectivity index (χ2v) is 5.02. The molecule has 2 heterocycles. The Morgan fingerprint density at radius 3 is 3.11 bits per heavy atom. The highest BCUT2D eigenvalue weighted by Crippen LogP contribution is 2.21. The molecular formula is C13H14N4S. The molecule has 0 amide bonds. The average molecular weight is 258 g/mol. The summed E-state index contributed by atoms with van der Waals surface area (Å²) in [5.74, 6) is 1.05. The summed E-state index contributed by atoms with van der Waals surface area (Å²) in [7, 11) is 0. The topological polar surface area (TPSA) is 42.7 Å². The Bertz CT molecular complexity index is 656. The molecule has 0 aliphatic carbocycles. The number of hydrogen-bond acceptors (Lipinski definition) is 4. The Hall–Kier alpha value is -1.88. The highest BCUT2D eigenvalue weighted by atomic mass is 32.1. The van der Waals surface area contributed by atoms with Gasteiger partial charge in [0.05, 0.1) is 15.7 Å². The van der Waals surface area contributed by atoms with Crippen LogP contribution >= 0.6 is 11.3 Å². The van der Waals surface area contributed by atoms with Crippen LogP contribution < -0.4 is 5.32 Å². The maximum Gasteiger partial charge on any atom is 0.105 e. The van der Waals surface area contributed by atoms with E-state index in [4.69, 9.17) is 0 Å². The standard InChI is InChI=1S/C13H14N4S/c1-10-14-4-6-17(10)7-5-15-11-2-3-12-13(8-11)18-9-16-12/h2-4,6,8-9,15H,5,7H2,1H3. The Kier molecular flexibility index (Phi) is 2.98. The third-order valence-electron chi connectivity index (χ3n) is 2.94. The van der Waals surface area contributed by atoms with Crippen molar-refractivity contribution in [3.05, 3.63) is 41.9 Å². The van der Waals surface area contributed by atoms with Crippen LogP contribution in [0.2, 0.25) is 0 Å². The van der Waals surface area contributed by atoms with Gasteiger partial charge in [0.2, 0.25) is 0 Å². The normalized spacial score (nSPS) is 10.9. The molecule has 0 saturated carbocycles. The summed E-state index contributed by atoms with van der Waals surface area (Å²) in [5.41, 5.74) is 4.09. The minimum Gasteiger partial charge on any atom is -0.383 e. The van der Waals surface area contributed by atoms with Gasteiger partial charge in [0.1, 0.15) is 5.82 Å². The number of aryl methyl sites for hydroxylation is 1. The Morgan fingerprint density at radius 2 is 2.28 bits per heavy atom. The van der Waals surface area contributed by atoms with E-state index in [0.717, 1.165) is 30.1 Å². The van der Waals surface area contributed by atoms with Crippen LogP contribution in [0, 0.1) is 6.92 Å². The molecule has 1 N–H and O–H groups in total. The maximum absolute atomic E-state index is 4.27. The first-order valence-electron chi connectivity index (χ1n) is 5.88. The molecule has 0 fully saturated rings. The van der Waals surface area contributed by atoms with E-state index in [9.17, 15) is 0 Å². The van der Waals surface area contributed by atoms with Crippen molar-refractivity contribution in [1.82, 2.24) is 14.5 Å². The van der Waals surface area contributed by atoms with Gasteiger partial charge in [-0.3, -0.25) is 0 Å². The molecule has 0 atom stereocenters. The lowest BCUT2D eigenvalue weighted by molar-refractivity contribution is 0.701. The zero-order chi connectivity index (χ0) is 12.4. The number of rotatable bonds is 4. The largest absolute Gasteiger partial charge is 0.383 e. The Morgan fingerprint density at radius 1 is 1.33 bits per heavy atom. The molecule has 0 saturated heterocycles. The van der Waals surface area contributed by atoms with Crippen LogP contribution in [0.15, 0.2) is 36.1 Å². The number of imidazole rings is 1. The average Bonchev–Trinajstić information content (AvgIpc) is 2.98. The third kappa shape index (κ3) is 2.22. The molecule has 0 unspecified atom stereocenters. The van der Waals surface area contributed by atoms with E-state index in [1.807, 2.05) is 24.8 Å². The van der Waals surface area contributed by atoms with Crippen molar-refractivity contribution in [2.45, 2.75) is 13.5 Å². The van der Waals surface area contributed by atoms with Gasteiger partial charge in [0.15, 0.2) is 0 Å². The summed E-state index contributed by atoms with van der Waals surface area (Å²) in [5, 5.41) is 3.42. The smallest absolute Gasteiger partial charge is 0.105 e. The van der Waals surface area contributed by atoms with Gasteiger partial charge < -0.3 is 9.88 Å². The van der Waals surface area contributed by atoms with Gasteiger partial charge in [-0.25, -0.2) is 9.97 Å². The van der Waals surface area contributed by atoms with Crippen LogP contribution in [0.4, 0.5) is 5.69 Å². The Labute approximate surface area is 109 Å². The summed E-state index contributed by atoms with van der Waals surface area (Å²) < 4.78 is 3.36. The molecule has 0 spiro atoms. The molecule has 0 aliphatic heterocycles. The van der Waals surface area contributed by atoms with Gasteiger partial charge in [-0.15, -0.1) is 11.3 Å². The van der Waals surface area contributed by atoms with Crippen molar-refractivity contribution in [1.29, 1.82) is 0 Å². The SMILES string of the molecule is Cc1nccn1CCNc1ccc2ncsc2c1. The summed E-state index contributed by atoms with van der Waals surface area (Å²) >= 11 is 1.67. The molecule has 2 aromatic heterocycles. The van der Waals surface area contributed by atoms with Crippen LogP contribution in [-0.2, 0) is 6.54 Å². The second-order valence-electron chi connectivity index (χ2n) is 4.13. The van der Waals surface area contributed by atoms with Crippen LogP contribution in [0.5, 0.6) is 0 Å². The van der Waals surface area contributed by atoms with Crippen molar-refractivity contribution in [3.8, 4) is 0 Å². The van der Waals surface area contributed by atoms with Crippen molar-refractivity contribution in [2.75, 3.05) is 11.9 Å². The Balaban J connectivity index is 1.64. The zero-order valence-electron chi connectivity index (χ0n) is 10.1. The zero-order valence-corrected chi connectivity index (χ0v) is 10.9. The first-order chi connectivity index (χ1) is 8.83. The molecular weight excluding hydrogens is 244 g/mol. The van der Waals surface area contributed by atoms with Crippen molar-refractivity contribution < 1.29 is 0 Å². The molecule has 0 radical (unpaired) electrons. The van der Waals surface area contributed by atoms with Crippen LogP contribution in [0.25, 0.3) is 10.2 Å². The number of nitrogens with one attached hydrogen (secondary N) is 1. The highest BCUT2D eigenvalue weighted by molar-refractivity contribution is 7.16. The fourth-order valence-electron chi connectivity index (χ4n) is 1.93. The molecule has 0 bridgehead atoms. The van der Waals surface area contributed by atoms with Gasteiger partial charge in [-0.1, -0.05) is 0 Å². The third-order valence-corrected chi connectivity index (χ3v) is 3.73. The first-order valence-corrected chi connectivity index (χ1v) is 6.76. The summed E-state index contributed by atoms with van der Waals surface area (Å²) in [6, 6.07) is 6.27. The minimum absolute atomic E-state index is 0.890. The lowest BCUT2D eigenvalue weighted by Gasteiger charge is -2.08.